The van der Waals surface area contributed by atoms with Gasteiger partial charge in [0, 0.05) is 33.4 Å². The Hall–Kier alpha value is -1.69. The van der Waals surface area contributed by atoms with E-state index in [1.165, 1.54) is 6.20 Å². The van der Waals surface area contributed by atoms with Gasteiger partial charge in [0.05, 0.1) is 10.5 Å². The number of hydrogen-bond donors (Lipinski definition) is 2. The standard InChI is InChI=1S/C15H11BrClN3O/c16-12-4-3-10(13-9(12)2-1-5-19-13)14(21)11-6-8(17)7-20-15(11)18/h1-7,14,21H,(H2,18,20). The third-order valence-electron chi connectivity index (χ3n) is 3.25. The number of aromatic nitrogens is 2. The molecule has 3 N–H and O–H groups in total. The molecule has 0 fully saturated rings. The Morgan fingerprint density at radius 1 is 1.19 bits per heavy atom. The Morgan fingerprint density at radius 3 is 2.81 bits per heavy atom. The molecule has 0 bridgehead atoms. The van der Waals surface area contributed by atoms with Crippen LogP contribution in [0.1, 0.15) is 17.2 Å². The van der Waals surface area contributed by atoms with Gasteiger partial charge in [0.1, 0.15) is 11.9 Å². The number of halogens is 2. The van der Waals surface area contributed by atoms with E-state index in [1.807, 2.05) is 24.3 Å². The van der Waals surface area contributed by atoms with Crippen molar-refractivity contribution in [3.05, 3.63) is 63.3 Å². The van der Waals surface area contributed by atoms with E-state index in [9.17, 15) is 5.11 Å². The topological polar surface area (TPSA) is 72.0 Å². The van der Waals surface area contributed by atoms with Gasteiger partial charge in [0.25, 0.3) is 0 Å². The molecule has 1 unspecified atom stereocenters. The molecule has 2 heterocycles. The van der Waals surface area contributed by atoms with Gasteiger partial charge in [0.2, 0.25) is 0 Å². The Bertz CT molecular complexity index is 825. The summed E-state index contributed by atoms with van der Waals surface area (Å²) in [6, 6.07) is 9.08. The average molecular weight is 365 g/mol. The molecule has 1 atom stereocenters. The highest BCUT2D eigenvalue weighted by atomic mass is 79.9. The third-order valence-corrected chi connectivity index (χ3v) is 4.15. The highest BCUT2D eigenvalue weighted by molar-refractivity contribution is 9.10. The molecule has 1 aromatic carbocycles. The summed E-state index contributed by atoms with van der Waals surface area (Å²) in [5.74, 6) is 0.249. The Kier molecular flexibility index (Phi) is 3.80. The molecular formula is C15H11BrClN3O. The summed E-state index contributed by atoms with van der Waals surface area (Å²) in [6.45, 7) is 0. The van der Waals surface area contributed by atoms with Crippen LogP contribution in [0.25, 0.3) is 10.9 Å². The van der Waals surface area contributed by atoms with Crippen molar-refractivity contribution in [2.75, 3.05) is 5.73 Å². The number of benzene rings is 1. The van der Waals surface area contributed by atoms with E-state index in [4.69, 9.17) is 17.3 Å². The van der Waals surface area contributed by atoms with E-state index in [-0.39, 0.29) is 5.82 Å². The third kappa shape index (κ3) is 2.60. The highest BCUT2D eigenvalue weighted by Crippen LogP contribution is 2.33. The number of aliphatic hydroxyl groups excluding tert-OH is 1. The molecule has 6 heteroatoms. The SMILES string of the molecule is Nc1ncc(Cl)cc1C(O)c1ccc(Br)c2cccnc12. The van der Waals surface area contributed by atoms with Crippen LogP contribution in [0.15, 0.2) is 47.2 Å². The van der Waals surface area contributed by atoms with Crippen molar-refractivity contribution < 1.29 is 5.11 Å². The molecule has 0 aliphatic rings. The van der Waals surface area contributed by atoms with Gasteiger partial charge in [0.15, 0.2) is 0 Å². The number of nitrogens with zero attached hydrogens (tertiary/aromatic N) is 2. The van der Waals surface area contributed by atoms with E-state index in [2.05, 4.69) is 25.9 Å². The molecule has 0 aliphatic heterocycles. The molecule has 0 spiro atoms. The lowest BCUT2D eigenvalue weighted by atomic mass is 9.99. The lowest BCUT2D eigenvalue weighted by Gasteiger charge is -2.15. The van der Waals surface area contributed by atoms with Crippen LogP contribution in [0.5, 0.6) is 0 Å². The maximum absolute atomic E-state index is 10.7. The van der Waals surface area contributed by atoms with E-state index in [0.717, 1.165) is 9.86 Å². The van der Waals surface area contributed by atoms with Gasteiger partial charge in [-0.15, -0.1) is 0 Å². The molecule has 2 aromatic heterocycles. The highest BCUT2D eigenvalue weighted by Gasteiger charge is 2.19. The summed E-state index contributed by atoms with van der Waals surface area (Å²) in [6.07, 6.45) is 2.19. The van der Waals surface area contributed by atoms with Gasteiger partial charge in [-0.05, 0) is 18.2 Å². The zero-order chi connectivity index (χ0) is 15.0. The van der Waals surface area contributed by atoms with Crippen LogP contribution in [0, 0.1) is 0 Å². The minimum absolute atomic E-state index is 0.249. The van der Waals surface area contributed by atoms with Crippen molar-refractivity contribution in [2.45, 2.75) is 6.10 Å². The van der Waals surface area contributed by atoms with Crippen LogP contribution in [0.4, 0.5) is 5.82 Å². The fourth-order valence-corrected chi connectivity index (χ4v) is 2.85. The smallest absolute Gasteiger partial charge is 0.129 e. The van der Waals surface area contributed by atoms with Gasteiger partial charge in [-0.2, -0.15) is 0 Å². The molecule has 0 aliphatic carbocycles. The monoisotopic (exact) mass is 363 g/mol. The first kappa shape index (κ1) is 14.3. The van der Waals surface area contributed by atoms with Crippen LogP contribution in [-0.4, -0.2) is 15.1 Å². The maximum Gasteiger partial charge on any atom is 0.129 e. The predicted octanol–water partition coefficient (Wildman–Crippen LogP) is 3.71. The average Bonchev–Trinajstić information content (AvgIpc) is 2.50. The van der Waals surface area contributed by atoms with Gasteiger partial charge >= 0.3 is 0 Å². The summed E-state index contributed by atoms with van der Waals surface area (Å²) in [7, 11) is 0. The van der Waals surface area contributed by atoms with E-state index < -0.39 is 6.10 Å². The van der Waals surface area contributed by atoms with Crippen LogP contribution in [0.3, 0.4) is 0 Å². The summed E-state index contributed by atoms with van der Waals surface area (Å²) in [5.41, 5.74) is 7.68. The van der Waals surface area contributed by atoms with E-state index >= 15 is 0 Å². The van der Waals surface area contributed by atoms with Gasteiger partial charge in [-0.3, -0.25) is 4.98 Å². The van der Waals surface area contributed by atoms with Crippen molar-refractivity contribution in [3.8, 4) is 0 Å². The number of fused-ring (bicyclic) bond motifs is 1. The van der Waals surface area contributed by atoms with Gasteiger partial charge < -0.3 is 10.8 Å². The summed E-state index contributed by atoms with van der Waals surface area (Å²) in [4.78, 5) is 8.34. The zero-order valence-electron chi connectivity index (χ0n) is 10.8. The first-order valence-corrected chi connectivity index (χ1v) is 7.37. The molecule has 0 saturated heterocycles. The zero-order valence-corrected chi connectivity index (χ0v) is 13.1. The first-order chi connectivity index (χ1) is 10.1. The minimum atomic E-state index is -0.943. The molecule has 0 radical (unpaired) electrons. The van der Waals surface area contributed by atoms with Crippen molar-refractivity contribution in [1.82, 2.24) is 9.97 Å². The second-order valence-electron chi connectivity index (χ2n) is 4.57. The molecule has 3 rings (SSSR count). The van der Waals surface area contributed by atoms with Crippen LogP contribution >= 0.6 is 27.5 Å². The van der Waals surface area contributed by atoms with Crippen LogP contribution in [0.2, 0.25) is 5.02 Å². The number of rotatable bonds is 2. The summed E-state index contributed by atoms with van der Waals surface area (Å²) >= 11 is 9.42. The largest absolute Gasteiger partial charge is 0.383 e. The molecule has 4 nitrogen and oxygen atoms in total. The molecule has 0 saturated carbocycles. The minimum Gasteiger partial charge on any atom is -0.383 e. The van der Waals surface area contributed by atoms with Crippen molar-refractivity contribution in [1.29, 1.82) is 0 Å². The number of hydrogen-bond acceptors (Lipinski definition) is 4. The quantitative estimate of drug-likeness (QED) is 0.727. The van der Waals surface area contributed by atoms with Crippen molar-refractivity contribution in [3.63, 3.8) is 0 Å². The normalized spacial score (nSPS) is 12.5. The number of anilines is 1. The Balaban J connectivity index is 2.20. The number of aliphatic hydroxyl groups is 1. The number of pyridine rings is 2. The fraction of sp³-hybridized carbons (Fsp3) is 0.0667. The second-order valence-corrected chi connectivity index (χ2v) is 5.86. The first-order valence-electron chi connectivity index (χ1n) is 6.20. The lowest BCUT2D eigenvalue weighted by molar-refractivity contribution is 0.222. The predicted molar refractivity (Wildman–Crippen MR) is 87.2 cm³/mol. The van der Waals surface area contributed by atoms with Gasteiger partial charge in [-0.1, -0.05) is 39.7 Å². The molecule has 3 aromatic rings. The number of nitrogen functional groups attached to an aromatic ring is 1. The molecular weight excluding hydrogens is 354 g/mol. The molecule has 0 amide bonds. The molecule has 106 valence electrons. The number of nitrogens with two attached hydrogens (primary N) is 1. The van der Waals surface area contributed by atoms with Crippen LogP contribution < -0.4 is 5.73 Å². The van der Waals surface area contributed by atoms with Crippen molar-refractivity contribution >= 4 is 44.3 Å². The Morgan fingerprint density at radius 2 is 2.00 bits per heavy atom. The lowest BCUT2D eigenvalue weighted by Crippen LogP contribution is -2.06. The maximum atomic E-state index is 10.7. The van der Waals surface area contributed by atoms with Crippen LogP contribution in [-0.2, 0) is 0 Å². The fourth-order valence-electron chi connectivity index (χ4n) is 2.23. The van der Waals surface area contributed by atoms with Gasteiger partial charge in [-0.25, -0.2) is 4.98 Å². The second kappa shape index (κ2) is 5.60. The molecule has 21 heavy (non-hydrogen) atoms. The summed E-state index contributed by atoms with van der Waals surface area (Å²) in [5, 5.41) is 12.0. The van der Waals surface area contributed by atoms with E-state index in [1.54, 1.807) is 12.3 Å². The van der Waals surface area contributed by atoms with E-state index in [0.29, 0.717) is 21.7 Å². The van der Waals surface area contributed by atoms with Crippen molar-refractivity contribution in [2.24, 2.45) is 0 Å². The summed E-state index contributed by atoms with van der Waals surface area (Å²) < 4.78 is 0.916. The Labute approximate surface area is 134 Å².